The Hall–Kier alpha value is -3.95. The average Bonchev–Trinajstić information content (AvgIpc) is 3.20. The van der Waals surface area contributed by atoms with Crippen LogP contribution in [0.25, 0.3) is 5.69 Å². The van der Waals surface area contributed by atoms with E-state index in [2.05, 4.69) is 10.4 Å². The number of benzene rings is 2. The molecule has 2 aromatic carbocycles. The van der Waals surface area contributed by atoms with Crippen LogP contribution in [-0.4, -0.2) is 33.4 Å². The molecule has 31 heavy (non-hydrogen) atoms. The maximum Gasteiger partial charge on any atom is 0.435 e. The van der Waals surface area contributed by atoms with Crippen LogP contribution in [0.2, 0.25) is 0 Å². The van der Waals surface area contributed by atoms with E-state index < -0.39 is 41.2 Å². The number of Topliss-reactive ketones (excluding diaryl/α,β-unsaturated/α-hetero) is 1. The molecule has 0 aliphatic heterocycles. The lowest BCUT2D eigenvalue weighted by Crippen LogP contribution is -2.47. The highest BCUT2D eigenvalue weighted by Gasteiger charge is 2.37. The Morgan fingerprint density at radius 1 is 1.00 bits per heavy atom. The van der Waals surface area contributed by atoms with E-state index in [1.54, 1.807) is 48.5 Å². The van der Waals surface area contributed by atoms with Gasteiger partial charge in [-0.1, -0.05) is 48.5 Å². The van der Waals surface area contributed by atoms with Crippen LogP contribution in [0, 0.1) is 0 Å². The average molecular weight is 430 g/mol. The number of primary amides is 1. The van der Waals surface area contributed by atoms with Gasteiger partial charge in [0.2, 0.25) is 5.78 Å². The van der Waals surface area contributed by atoms with Crippen molar-refractivity contribution in [1.82, 2.24) is 15.1 Å². The van der Waals surface area contributed by atoms with Crippen molar-refractivity contribution in [3.05, 3.63) is 83.7 Å². The van der Waals surface area contributed by atoms with Gasteiger partial charge in [0.1, 0.15) is 11.7 Å². The summed E-state index contributed by atoms with van der Waals surface area (Å²) in [4.78, 5) is 36.5. The van der Waals surface area contributed by atoms with E-state index in [-0.39, 0.29) is 12.1 Å². The Morgan fingerprint density at radius 3 is 2.13 bits per heavy atom. The topological polar surface area (TPSA) is 107 Å². The first-order valence-electron chi connectivity index (χ1n) is 9.08. The molecule has 0 aliphatic carbocycles. The largest absolute Gasteiger partial charge is 0.435 e. The summed E-state index contributed by atoms with van der Waals surface area (Å²) >= 11 is 0. The second-order valence-electron chi connectivity index (χ2n) is 6.60. The fourth-order valence-electron chi connectivity index (χ4n) is 2.91. The summed E-state index contributed by atoms with van der Waals surface area (Å²) in [5.74, 6) is -3.35. The minimum Gasteiger partial charge on any atom is -0.363 e. The minimum atomic E-state index is -4.79. The molecule has 1 aromatic heterocycles. The maximum atomic E-state index is 13.2. The van der Waals surface area contributed by atoms with Gasteiger partial charge in [-0.3, -0.25) is 14.4 Å². The van der Waals surface area contributed by atoms with Crippen LogP contribution in [0.4, 0.5) is 13.2 Å². The zero-order valence-electron chi connectivity index (χ0n) is 16.0. The lowest BCUT2D eigenvalue weighted by molar-refractivity contribution is -0.141. The van der Waals surface area contributed by atoms with E-state index in [0.717, 1.165) is 4.68 Å². The van der Waals surface area contributed by atoms with E-state index in [1.807, 2.05) is 0 Å². The highest BCUT2D eigenvalue weighted by molar-refractivity contribution is 6.38. The molecule has 3 rings (SSSR count). The van der Waals surface area contributed by atoms with Gasteiger partial charge in [-0.25, -0.2) is 4.68 Å². The number of nitrogens with zero attached hydrogens (tertiary/aromatic N) is 2. The van der Waals surface area contributed by atoms with Crippen molar-refractivity contribution in [2.24, 2.45) is 5.73 Å². The number of aromatic nitrogens is 2. The van der Waals surface area contributed by atoms with E-state index in [4.69, 9.17) is 5.73 Å². The van der Waals surface area contributed by atoms with Gasteiger partial charge < -0.3 is 11.1 Å². The van der Waals surface area contributed by atoms with E-state index in [1.165, 1.54) is 12.1 Å². The number of ketones is 1. The predicted molar refractivity (Wildman–Crippen MR) is 104 cm³/mol. The molecule has 0 saturated heterocycles. The van der Waals surface area contributed by atoms with Gasteiger partial charge in [-0.2, -0.15) is 18.3 Å². The van der Waals surface area contributed by atoms with E-state index in [9.17, 15) is 27.6 Å². The van der Waals surface area contributed by atoms with Gasteiger partial charge in [0.15, 0.2) is 5.69 Å². The molecule has 1 heterocycles. The zero-order valence-corrected chi connectivity index (χ0v) is 16.0. The smallest absolute Gasteiger partial charge is 0.363 e. The van der Waals surface area contributed by atoms with Gasteiger partial charge in [0.05, 0.1) is 5.69 Å². The van der Waals surface area contributed by atoms with Crippen LogP contribution >= 0.6 is 0 Å². The predicted octanol–water partition coefficient (Wildman–Crippen LogP) is 2.29. The molecule has 3 N–H and O–H groups in total. The summed E-state index contributed by atoms with van der Waals surface area (Å²) in [5, 5.41) is 5.82. The fourth-order valence-corrected chi connectivity index (χ4v) is 2.91. The number of hydrogen-bond acceptors (Lipinski definition) is 4. The first-order chi connectivity index (χ1) is 14.7. The molecule has 0 fully saturated rings. The summed E-state index contributed by atoms with van der Waals surface area (Å²) in [6.07, 6.45) is -4.86. The second kappa shape index (κ2) is 8.82. The molecule has 0 spiro atoms. The number of nitrogens with one attached hydrogen (secondary N) is 1. The molecule has 7 nitrogen and oxygen atoms in total. The van der Waals surface area contributed by atoms with Gasteiger partial charge >= 0.3 is 6.18 Å². The number of nitrogens with two attached hydrogens (primary N) is 1. The van der Waals surface area contributed by atoms with Crippen LogP contribution in [0.5, 0.6) is 0 Å². The van der Waals surface area contributed by atoms with Crippen molar-refractivity contribution in [3.8, 4) is 5.69 Å². The number of alkyl halides is 3. The Balaban J connectivity index is 1.97. The Bertz CT molecular complexity index is 1100. The standard InChI is InChI=1S/C21H17F3N4O3/c22-21(23,24)17-12-16(28(27-17)14-9-5-2-6-10-14)20(31)26-15(18(29)19(25)30)11-13-7-3-1-4-8-13/h1-10,12,15H,11H2,(H2,25,30)(H,26,31). The summed E-state index contributed by atoms with van der Waals surface area (Å²) in [6, 6.07) is 15.4. The molecule has 0 bridgehead atoms. The summed E-state index contributed by atoms with van der Waals surface area (Å²) in [5.41, 5.74) is 4.19. The van der Waals surface area contributed by atoms with Crippen LogP contribution in [0.15, 0.2) is 66.7 Å². The maximum absolute atomic E-state index is 13.2. The lowest BCUT2D eigenvalue weighted by atomic mass is 10.0. The molecule has 3 aromatic rings. The third-order valence-corrected chi connectivity index (χ3v) is 4.38. The number of hydrogen-bond donors (Lipinski definition) is 2. The molecule has 0 radical (unpaired) electrons. The van der Waals surface area contributed by atoms with Crippen molar-refractivity contribution in [2.75, 3.05) is 0 Å². The summed E-state index contributed by atoms with van der Waals surface area (Å²) in [6.45, 7) is 0. The van der Waals surface area contributed by atoms with Crippen LogP contribution in [-0.2, 0) is 22.2 Å². The first-order valence-corrected chi connectivity index (χ1v) is 9.08. The first kappa shape index (κ1) is 21.8. The fraction of sp³-hybridized carbons (Fsp3) is 0.143. The van der Waals surface area contributed by atoms with Crippen LogP contribution in [0.3, 0.4) is 0 Å². The molecule has 160 valence electrons. The monoisotopic (exact) mass is 430 g/mol. The number of halogens is 3. The summed E-state index contributed by atoms with van der Waals surface area (Å²) < 4.78 is 40.5. The normalized spacial score (nSPS) is 12.2. The minimum absolute atomic E-state index is 0.0695. The van der Waals surface area contributed by atoms with Crippen molar-refractivity contribution < 1.29 is 27.6 Å². The van der Waals surface area contributed by atoms with Gasteiger partial charge in [-0.05, 0) is 17.7 Å². The lowest BCUT2D eigenvalue weighted by Gasteiger charge is -2.17. The second-order valence-corrected chi connectivity index (χ2v) is 6.60. The third-order valence-electron chi connectivity index (χ3n) is 4.38. The Labute approximate surface area is 174 Å². The molecule has 0 saturated carbocycles. The molecule has 10 heteroatoms. The van der Waals surface area contributed by atoms with Gasteiger partial charge in [-0.15, -0.1) is 0 Å². The van der Waals surface area contributed by atoms with Crippen molar-refractivity contribution >= 4 is 17.6 Å². The van der Waals surface area contributed by atoms with Crippen LogP contribution < -0.4 is 11.1 Å². The molecule has 1 atom stereocenters. The van der Waals surface area contributed by atoms with Crippen molar-refractivity contribution in [1.29, 1.82) is 0 Å². The number of para-hydroxylation sites is 1. The van der Waals surface area contributed by atoms with Crippen LogP contribution in [0.1, 0.15) is 21.7 Å². The quantitative estimate of drug-likeness (QED) is 0.561. The number of carbonyl (C=O) groups excluding carboxylic acids is 3. The van der Waals surface area contributed by atoms with E-state index in [0.29, 0.717) is 11.6 Å². The molecular formula is C21H17F3N4O3. The van der Waals surface area contributed by atoms with Gasteiger partial charge in [0.25, 0.3) is 11.8 Å². The van der Waals surface area contributed by atoms with Crippen molar-refractivity contribution in [3.63, 3.8) is 0 Å². The highest BCUT2D eigenvalue weighted by Crippen LogP contribution is 2.29. The zero-order chi connectivity index (χ0) is 22.6. The van der Waals surface area contributed by atoms with Crippen molar-refractivity contribution in [2.45, 2.75) is 18.6 Å². The third kappa shape index (κ3) is 5.16. The molecule has 2 amide bonds. The highest BCUT2D eigenvalue weighted by atomic mass is 19.4. The molecule has 1 unspecified atom stereocenters. The number of amides is 2. The molecule has 0 aliphatic rings. The van der Waals surface area contributed by atoms with E-state index >= 15 is 0 Å². The SMILES string of the molecule is NC(=O)C(=O)C(Cc1ccccc1)NC(=O)c1cc(C(F)(F)F)nn1-c1ccccc1. The summed E-state index contributed by atoms with van der Waals surface area (Å²) in [7, 11) is 0. The van der Waals surface area contributed by atoms with Gasteiger partial charge in [0, 0.05) is 12.5 Å². The Kier molecular flexibility index (Phi) is 6.19. The molecular weight excluding hydrogens is 413 g/mol. The number of carbonyl (C=O) groups is 3. The Morgan fingerprint density at radius 2 is 1.58 bits per heavy atom. The number of rotatable bonds is 7.